The Morgan fingerprint density at radius 1 is 1.20 bits per heavy atom. The number of benzene rings is 1. The van der Waals surface area contributed by atoms with Crippen molar-refractivity contribution in [3.63, 3.8) is 0 Å². The predicted octanol–water partition coefficient (Wildman–Crippen LogP) is 1.93. The van der Waals surface area contributed by atoms with Crippen molar-refractivity contribution >= 4 is 17.4 Å². The van der Waals surface area contributed by atoms with E-state index in [1.54, 1.807) is 37.4 Å². The molecule has 0 spiro atoms. The molecule has 20 heavy (non-hydrogen) atoms. The maximum Gasteiger partial charge on any atom is 0.259 e. The molecule has 3 N–H and O–H groups in total. The minimum Gasteiger partial charge on any atom is -0.493 e. The summed E-state index contributed by atoms with van der Waals surface area (Å²) in [4.78, 5) is 16.0. The van der Waals surface area contributed by atoms with Crippen molar-refractivity contribution in [3.05, 3.63) is 42.1 Å². The Labute approximate surface area is 116 Å². The van der Waals surface area contributed by atoms with Gasteiger partial charge in [-0.1, -0.05) is 0 Å². The van der Waals surface area contributed by atoms with Crippen LogP contribution in [0.25, 0.3) is 0 Å². The van der Waals surface area contributed by atoms with Crippen molar-refractivity contribution < 1.29 is 14.3 Å². The first-order chi connectivity index (χ1) is 9.65. The van der Waals surface area contributed by atoms with Crippen LogP contribution in [0.3, 0.4) is 0 Å². The van der Waals surface area contributed by atoms with E-state index in [0.717, 1.165) is 0 Å². The Balaban J connectivity index is 2.22. The summed E-state index contributed by atoms with van der Waals surface area (Å²) >= 11 is 0. The minimum absolute atomic E-state index is 0.186. The van der Waals surface area contributed by atoms with Crippen LogP contribution in [0.5, 0.6) is 11.5 Å². The SMILES string of the molecule is COc1ccc(NC(=O)c2cccnc2N)cc1OC. The summed E-state index contributed by atoms with van der Waals surface area (Å²) in [6, 6.07) is 8.36. The van der Waals surface area contributed by atoms with Crippen LogP contribution in [0, 0.1) is 0 Å². The van der Waals surface area contributed by atoms with Gasteiger partial charge in [-0.15, -0.1) is 0 Å². The number of carbonyl (C=O) groups is 1. The zero-order valence-corrected chi connectivity index (χ0v) is 11.2. The summed E-state index contributed by atoms with van der Waals surface area (Å²) in [5.74, 6) is 0.976. The van der Waals surface area contributed by atoms with Crippen LogP contribution in [-0.4, -0.2) is 25.1 Å². The molecule has 1 aromatic heterocycles. The maximum atomic E-state index is 12.1. The summed E-state index contributed by atoms with van der Waals surface area (Å²) in [6.45, 7) is 0. The number of hydrogen-bond donors (Lipinski definition) is 2. The van der Waals surface area contributed by atoms with Gasteiger partial charge in [-0.05, 0) is 24.3 Å². The molecular weight excluding hydrogens is 258 g/mol. The highest BCUT2D eigenvalue weighted by atomic mass is 16.5. The van der Waals surface area contributed by atoms with E-state index in [4.69, 9.17) is 15.2 Å². The van der Waals surface area contributed by atoms with Gasteiger partial charge in [0, 0.05) is 18.0 Å². The second-order valence-corrected chi connectivity index (χ2v) is 3.96. The lowest BCUT2D eigenvalue weighted by Crippen LogP contribution is -2.14. The number of nitrogens with zero attached hydrogens (tertiary/aromatic N) is 1. The molecule has 0 unspecified atom stereocenters. The second kappa shape index (κ2) is 5.92. The average Bonchev–Trinajstić information content (AvgIpc) is 2.47. The fourth-order valence-electron chi connectivity index (χ4n) is 1.72. The van der Waals surface area contributed by atoms with Crippen LogP contribution in [0.15, 0.2) is 36.5 Å². The summed E-state index contributed by atoms with van der Waals surface area (Å²) in [6.07, 6.45) is 1.53. The van der Waals surface area contributed by atoms with Crippen molar-refractivity contribution in [3.8, 4) is 11.5 Å². The van der Waals surface area contributed by atoms with Gasteiger partial charge in [0.25, 0.3) is 5.91 Å². The lowest BCUT2D eigenvalue weighted by molar-refractivity contribution is 0.102. The third-order valence-electron chi connectivity index (χ3n) is 2.72. The molecule has 1 heterocycles. The number of carbonyl (C=O) groups excluding carboxylic acids is 1. The lowest BCUT2D eigenvalue weighted by Gasteiger charge is -2.11. The summed E-state index contributed by atoms with van der Waals surface area (Å²) in [5.41, 5.74) is 6.56. The van der Waals surface area contributed by atoms with E-state index in [0.29, 0.717) is 22.7 Å². The highest BCUT2D eigenvalue weighted by Gasteiger charge is 2.11. The molecule has 1 aromatic carbocycles. The fourth-order valence-corrected chi connectivity index (χ4v) is 1.72. The molecule has 0 aliphatic rings. The second-order valence-electron chi connectivity index (χ2n) is 3.96. The average molecular weight is 273 g/mol. The number of nitrogens with one attached hydrogen (secondary N) is 1. The Morgan fingerprint density at radius 2 is 1.95 bits per heavy atom. The smallest absolute Gasteiger partial charge is 0.259 e. The molecule has 104 valence electrons. The molecule has 6 nitrogen and oxygen atoms in total. The number of rotatable bonds is 4. The highest BCUT2D eigenvalue weighted by Crippen LogP contribution is 2.30. The van der Waals surface area contributed by atoms with E-state index < -0.39 is 0 Å². The number of ether oxygens (including phenoxy) is 2. The molecule has 0 aliphatic heterocycles. The molecule has 2 aromatic rings. The third kappa shape index (κ3) is 2.80. The molecule has 0 bridgehead atoms. The van der Waals surface area contributed by atoms with Gasteiger partial charge in [-0.2, -0.15) is 0 Å². The minimum atomic E-state index is -0.331. The number of hydrogen-bond acceptors (Lipinski definition) is 5. The van der Waals surface area contributed by atoms with Crippen molar-refractivity contribution in [2.24, 2.45) is 0 Å². The normalized spacial score (nSPS) is 9.90. The van der Waals surface area contributed by atoms with E-state index in [2.05, 4.69) is 10.3 Å². The largest absolute Gasteiger partial charge is 0.493 e. The van der Waals surface area contributed by atoms with Crippen LogP contribution in [0.2, 0.25) is 0 Å². The van der Waals surface area contributed by atoms with Crippen LogP contribution < -0.4 is 20.5 Å². The molecule has 0 saturated heterocycles. The quantitative estimate of drug-likeness (QED) is 0.889. The molecular formula is C14H15N3O3. The number of methoxy groups -OCH3 is 2. The molecule has 2 rings (SSSR count). The van der Waals surface area contributed by atoms with Gasteiger partial charge in [0.05, 0.1) is 19.8 Å². The molecule has 0 fully saturated rings. The van der Waals surface area contributed by atoms with Gasteiger partial charge < -0.3 is 20.5 Å². The molecule has 0 saturated carbocycles. The monoisotopic (exact) mass is 273 g/mol. The number of nitrogens with two attached hydrogens (primary N) is 1. The topological polar surface area (TPSA) is 86.5 Å². The Bertz CT molecular complexity index is 629. The molecule has 0 aliphatic carbocycles. The third-order valence-corrected chi connectivity index (χ3v) is 2.72. The summed E-state index contributed by atoms with van der Waals surface area (Å²) in [7, 11) is 3.08. The molecule has 0 radical (unpaired) electrons. The zero-order chi connectivity index (χ0) is 14.5. The van der Waals surface area contributed by atoms with E-state index in [1.165, 1.54) is 13.3 Å². The maximum absolute atomic E-state index is 12.1. The van der Waals surface area contributed by atoms with Crippen molar-refractivity contribution in [2.75, 3.05) is 25.3 Å². The van der Waals surface area contributed by atoms with E-state index in [1.807, 2.05) is 0 Å². The Hall–Kier alpha value is -2.76. The van der Waals surface area contributed by atoms with Gasteiger partial charge in [-0.3, -0.25) is 4.79 Å². The van der Waals surface area contributed by atoms with Crippen molar-refractivity contribution in [2.45, 2.75) is 0 Å². The van der Waals surface area contributed by atoms with Gasteiger partial charge in [0.15, 0.2) is 11.5 Å². The molecule has 1 amide bonds. The van der Waals surface area contributed by atoms with E-state index in [-0.39, 0.29) is 11.7 Å². The summed E-state index contributed by atoms with van der Waals surface area (Å²) < 4.78 is 10.3. The Morgan fingerprint density at radius 3 is 2.60 bits per heavy atom. The summed E-state index contributed by atoms with van der Waals surface area (Å²) in [5, 5.41) is 2.73. The fraction of sp³-hybridized carbons (Fsp3) is 0.143. The number of nitrogen functional groups attached to an aromatic ring is 1. The Kier molecular flexibility index (Phi) is 4.05. The van der Waals surface area contributed by atoms with Crippen LogP contribution in [-0.2, 0) is 0 Å². The predicted molar refractivity (Wildman–Crippen MR) is 76.1 cm³/mol. The van der Waals surface area contributed by atoms with Crippen LogP contribution >= 0.6 is 0 Å². The first kappa shape index (κ1) is 13.7. The molecule has 0 atom stereocenters. The lowest BCUT2D eigenvalue weighted by atomic mass is 10.2. The highest BCUT2D eigenvalue weighted by molar-refractivity contribution is 6.07. The molecule has 6 heteroatoms. The van der Waals surface area contributed by atoms with Gasteiger partial charge in [0.1, 0.15) is 5.82 Å². The van der Waals surface area contributed by atoms with Gasteiger partial charge >= 0.3 is 0 Å². The zero-order valence-electron chi connectivity index (χ0n) is 11.2. The number of pyridine rings is 1. The van der Waals surface area contributed by atoms with E-state index in [9.17, 15) is 4.79 Å². The first-order valence-corrected chi connectivity index (χ1v) is 5.89. The van der Waals surface area contributed by atoms with Crippen LogP contribution in [0.1, 0.15) is 10.4 Å². The number of amides is 1. The van der Waals surface area contributed by atoms with Crippen LogP contribution in [0.4, 0.5) is 11.5 Å². The first-order valence-electron chi connectivity index (χ1n) is 5.89. The van der Waals surface area contributed by atoms with Crippen molar-refractivity contribution in [1.29, 1.82) is 0 Å². The number of aromatic nitrogens is 1. The number of anilines is 2. The standard InChI is InChI=1S/C14H15N3O3/c1-19-11-6-5-9(8-12(11)20-2)17-14(18)10-4-3-7-16-13(10)15/h3-8H,1-2H3,(H2,15,16)(H,17,18). The van der Waals surface area contributed by atoms with Gasteiger partial charge in [0.2, 0.25) is 0 Å². The van der Waals surface area contributed by atoms with Gasteiger partial charge in [-0.25, -0.2) is 4.98 Å². The van der Waals surface area contributed by atoms with Crippen molar-refractivity contribution in [1.82, 2.24) is 4.98 Å². The van der Waals surface area contributed by atoms with E-state index >= 15 is 0 Å².